The van der Waals surface area contributed by atoms with Gasteiger partial charge >= 0.3 is 7.82 Å². The molecule has 7 atom stereocenters. The van der Waals surface area contributed by atoms with Gasteiger partial charge in [0.15, 0.2) is 0 Å². The van der Waals surface area contributed by atoms with E-state index >= 15 is 0 Å². The average Bonchev–Trinajstić information content (AvgIpc) is 3.04. The number of azide groups is 1. The molecular formula is C11H18B2N3O7P. The van der Waals surface area contributed by atoms with Crippen molar-refractivity contribution in [3.8, 4) is 0 Å². The zero-order chi connectivity index (χ0) is 17.7. The van der Waals surface area contributed by atoms with Gasteiger partial charge in [0, 0.05) is 24.0 Å². The van der Waals surface area contributed by atoms with E-state index in [1.165, 1.54) is 7.11 Å². The van der Waals surface area contributed by atoms with Crippen LogP contribution in [0.15, 0.2) is 5.11 Å². The van der Waals surface area contributed by atoms with Crippen molar-refractivity contribution in [2.75, 3.05) is 20.3 Å². The maximum atomic E-state index is 12.1. The smallest absolute Gasteiger partial charge is 0.382 e. The number of nitrogens with zero attached hydrogens (tertiary/aromatic N) is 3. The summed E-state index contributed by atoms with van der Waals surface area (Å²) < 4.78 is 38.0. The second-order valence-corrected chi connectivity index (χ2v) is 6.90. The van der Waals surface area contributed by atoms with Gasteiger partial charge in [0.05, 0.1) is 31.5 Å². The maximum absolute atomic E-state index is 12.1. The lowest BCUT2D eigenvalue weighted by Gasteiger charge is -2.22. The normalized spacial score (nSPS) is 38.6. The van der Waals surface area contributed by atoms with Crippen LogP contribution < -0.4 is 0 Å². The van der Waals surface area contributed by atoms with Crippen molar-refractivity contribution in [2.45, 2.75) is 49.3 Å². The van der Waals surface area contributed by atoms with E-state index in [0.717, 1.165) is 0 Å². The first-order valence-electron chi connectivity index (χ1n) is 7.36. The molecule has 24 heavy (non-hydrogen) atoms. The van der Waals surface area contributed by atoms with E-state index < -0.39 is 38.1 Å². The Hall–Kier alpha value is -0.570. The van der Waals surface area contributed by atoms with Crippen LogP contribution in [-0.2, 0) is 27.8 Å². The predicted molar refractivity (Wildman–Crippen MR) is 83.5 cm³/mol. The first kappa shape index (κ1) is 19.8. The minimum absolute atomic E-state index is 0.0682. The van der Waals surface area contributed by atoms with E-state index in [2.05, 4.69) is 10.0 Å². The lowest BCUT2D eigenvalue weighted by molar-refractivity contribution is -0.0278. The zero-order valence-corrected chi connectivity index (χ0v) is 14.0. The molecule has 0 aromatic carbocycles. The van der Waals surface area contributed by atoms with Crippen molar-refractivity contribution < 1.29 is 32.7 Å². The highest BCUT2D eigenvalue weighted by Crippen LogP contribution is 2.47. The van der Waals surface area contributed by atoms with Crippen molar-refractivity contribution in [1.82, 2.24) is 0 Å². The molecule has 2 saturated heterocycles. The molecule has 2 aliphatic heterocycles. The summed E-state index contributed by atoms with van der Waals surface area (Å²) in [6, 6.07) is -1.19. The molecule has 0 aliphatic carbocycles. The molecule has 0 aromatic heterocycles. The number of phosphoric ester groups is 1. The first-order chi connectivity index (χ1) is 11.3. The van der Waals surface area contributed by atoms with Gasteiger partial charge in [0.2, 0.25) is 0 Å². The Labute approximate surface area is 142 Å². The maximum Gasteiger partial charge on any atom is 0.472 e. The molecule has 2 aliphatic rings. The van der Waals surface area contributed by atoms with E-state index in [1.54, 1.807) is 0 Å². The Kier molecular flexibility index (Phi) is 7.15. The number of methoxy groups -OCH3 is 1. The molecule has 1 N–H and O–H groups in total. The largest absolute Gasteiger partial charge is 0.472 e. The molecule has 3 unspecified atom stereocenters. The zero-order valence-electron chi connectivity index (χ0n) is 13.1. The molecule has 4 radical (unpaired) electrons. The Balaban J connectivity index is 1.88. The summed E-state index contributed by atoms with van der Waals surface area (Å²) >= 11 is 0. The Morgan fingerprint density at radius 1 is 1.29 bits per heavy atom. The fourth-order valence-electron chi connectivity index (χ4n) is 2.65. The second-order valence-electron chi connectivity index (χ2n) is 5.49. The number of phosphoric acid groups is 1. The van der Waals surface area contributed by atoms with E-state index in [4.69, 9.17) is 44.5 Å². The van der Waals surface area contributed by atoms with E-state index in [0.29, 0.717) is 6.42 Å². The molecule has 13 heteroatoms. The van der Waals surface area contributed by atoms with Crippen LogP contribution >= 0.6 is 7.82 Å². The van der Waals surface area contributed by atoms with E-state index in [9.17, 15) is 9.46 Å². The van der Waals surface area contributed by atoms with E-state index in [1.807, 2.05) is 0 Å². The summed E-state index contributed by atoms with van der Waals surface area (Å²) in [6.07, 6.45) is -1.82. The van der Waals surface area contributed by atoms with Gasteiger partial charge in [0.1, 0.15) is 21.8 Å². The van der Waals surface area contributed by atoms with Crippen LogP contribution in [0.3, 0.4) is 0 Å². The molecule has 2 rings (SSSR count). The second kappa shape index (κ2) is 8.69. The SMILES string of the molecule is [B][C@H]1CC(OC)[C@@H](COP(=O)(O)OC2C[C@H]([B])O[C@@H]2CN=[N+]=[N-])O1. The number of rotatable bonds is 8. The van der Waals surface area contributed by atoms with Gasteiger partial charge in [-0.2, -0.15) is 0 Å². The van der Waals surface area contributed by atoms with Crippen LogP contribution in [0.2, 0.25) is 0 Å². The van der Waals surface area contributed by atoms with Crippen LogP contribution in [0, 0.1) is 0 Å². The van der Waals surface area contributed by atoms with Crippen LogP contribution in [0.4, 0.5) is 0 Å². The molecule has 130 valence electrons. The molecule has 2 fully saturated rings. The highest BCUT2D eigenvalue weighted by Gasteiger charge is 2.40. The monoisotopic (exact) mass is 357 g/mol. The van der Waals surface area contributed by atoms with Gasteiger partial charge < -0.3 is 19.1 Å². The predicted octanol–water partition coefficient (Wildman–Crippen LogP) is 0.381. The summed E-state index contributed by atoms with van der Waals surface area (Å²) in [7, 11) is 8.38. The van der Waals surface area contributed by atoms with Gasteiger partial charge in [-0.15, -0.1) is 0 Å². The van der Waals surface area contributed by atoms with Crippen LogP contribution in [0.1, 0.15) is 12.8 Å². The number of hydrogen-bond donors (Lipinski definition) is 1. The molecule has 0 spiro atoms. The molecular weight excluding hydrogens is 339 g/mol. The van der Waals surface area contributed by atoms with Crippen molar-refractivity contribution in [3.05, 3.63) is 10.4 Å². The third-order valence-electron chi connectivity index (χ3n) is 3.76. The third kappa shape index (κ3) is 5.47. The minimum Gasteiger partial charge on any atom is -0.382 e. The molecule has 0 aromatic rings. The number of hydrogen-bond acceptors (Lipinski definition) is 7. The molecule has 10 nitrogen and oxygen atoms in total. The van der Waals surface area contributed by atoms with Gasteiger partial charge in [-0.05, 0) is 18.4 Å². The Morgan fingerprint density at radius 2 is 1.92 bits per heavy atom. The summed E-state index contributed by atoms with van der Waals surface area (Å²) in [5.74, 6) is 0. The average molecular weight is 357 g/mol. The molecule has 2 heterocycles. The fraction of sp³-hybridized carbons (Fsp3) is 1.00. The van der Waals surface area contributed by atoms with Crippen LogP contribution in [-0.4, -0.2) is 77.3 Å². The van der Waals surface area contributed by atoms with Gasteiger partial charge in [0.25, 0.3) is 0 Å². The third-order valence-corrected chi connectivity index (χ3v) is 4.77. The summed E-state index contributed by atoms with van der Waals surface area (Å²) in [4.78, 5) is 12.5. The Bertz CT molecular complexity index is 524. The van der Waals surface area contributed by atoms with E-state index in [-0.39, 0.29) is 25.7 Å². The summed E-state index contributed by atoms with van der Waals surface area (Å²) in [5.41, 5.74) is 8.35. The topological polar surface area (TPSA) is 132 Å². The van der Waals surface area contributed by atoms with Crippen molar-refractivity contribution in [2.24, 2.45) is 5.11 Å². The Morgan fingerprint density at radius 3 is 2.54 bits per heavy atom. The number of ether oxygens (including phenoxy) is 3. The minimum atomic E-state index is -4.39. The lowest BCUT2D eigenvalue weighted by atomic mass is 9.96. The van der Waals surface area contributed by atoms with Crippen LogP contribution in [0.5, 0.6) is 0 Å². The van der Waals surface area contributed by atoms with Gasteiger partial charge in [-0.25, -0.2) is 4.57 Å². The van der Waals surface area contributed by atoms with Crippen molar-refractivity contribution >= 4 is 23.5 Å². The quantitative estimate of drug-likeness (QED) is 0.218. The van der Waals surface area contributed by atoms with Crippen molar-refractivity contribution in [3.63, 3.8) is 0 Å². The summed E-state index contributed by atoms with van der Waals surface area (Å²) in [5, 5.41) is 3.36. The van der Waals surface area contributed by atoms with Gasteiger partial charge in [-0.1, -0.05) is 5.11 Å². The molecule has 0 amide bonds. The first-order valence-corrected chi connectivity index (χ1v) is 8.85. The van der Waals surface area contributed by atoms with Gasteiger partial charge in [-0.3, -0.25) is 9.05 Å². The highest BCUT2D eigenvalue weighted by atomic mass is 31.2. The highest BCUT2D eigenvalue weighted by molar-refractivity contribution is 7.47. The standard InChI is InChI=1S/C11H18B2N3O7P/c1-19-6-2-10(12)22-9(6)5-20-24(17,18)23-7-3-11(13)21-8(7)4-15-16-14/h6-11H,2-5H2,1H3,(H,17,18)/t6?,7?,8-,9-,10-,11-/m1/s1. The molecule has 0 bridgehead atoms. The fourth-order valence-corrected chi connectivity index (χ4v) is 3.61. The molecule has 0 saturated carbocycles. The van der Waals surface area contributed by atoms with Crippen molar-refractivity contribution in [1.29, 1.82) is 0 Å². The lowest BCUT2D eigenvalue weighted by Crippen LogP contribution is -2.29. The van der Waals surface area contributed by atoms with Crippen LogP contribution in [0.25, 0.3) is 10.4 Å². The summed E-state index contributed by atoms with van der Waals surface area (Å²) in [6.45, 7) is -0.290.